The van der Waals surface area contributed by atoms with E-state index >= 15 is 0 Å². The maximum atomic E-state index is 12.7. The summed E-state index contributed by atoms with van der Waals surface area (Å²) in [6.07, 6.45) is 4.46. The topological polar surface area (TPSA) is 116 Å². The van der Waals surface area contributed by atoms with Crippen LogP contribution in [0.1, 0.15) is 43.3 Å². The van der Waals surface area contributed by atoms with E-state index in [0.29, 0.717) is 22.5 Å². The zero-order valence-electron chi connectivity index (χ0n) is 21.0. The first-order valence-corrected chi connectivity index (χ1v) is 12.9. The fourth-order valence-electron chi connectivity index (χ4n) is 6.26. The van der Waals surface area contributed by atoms with Gasteiger partial charge in [-0.3, -0.25) is 14.3 Å². The van der Waals surface area contributed by atoms with Crippen molar-refractivity contribution in [1.82, 2.24) is 29.7 Å². The number of anilines is 1. The Hall–Kier alpha value is -2.96. The van der Waals surface area contributed by atoms with Crippen molar-refractivity contribution < 1.29 is 19.0 Å². The highest BCUT2D eigenvalue weighted by Gasteiger charge is 2.57. The van der Waals surface area contributed by atoms with Gasteiger partial charge in [0.2, 0.25) is 0 Å². The summed E-state index contributed by atoms with van der Waals surface area (Å²) in [6, 6.07) is 9.00. The van der Waals surface area contributed by atoms with Gasteiger partial charge in [-0.2, -0.15) is 0 Å². The smallest absolute Gasteiger partial charge is 0.256 e. The molecule has 7 rings (SSSR count). The molecule has 4 saturated heterocycles. The first kappa shape index (κ1) is 23.2. The first-order valence-electron chi connectivity index (χ1n) is 12.9. The summed E-state index contributed by atoms with van der Waals surface area (Å²) in [5.41, 5.74) is 1.87. The van der Waals surface area contributed by atoms with Crippen LogP contribution < -0.4 is 10.6 Å². The number of rotatable bonds is 5. The first-order chi connectivity index (χ1) is 17.9. The van der Waals surface area contributed by atoms with Crippen molar-refractivity contribution in [2.45, 2.75) is 62.6 Å². The number of hydrogen-bond acceptors (Lipinski definition) is 9. The van der Waals surface area contributed by atoms with Gasteiger partial charge in [0.15, 0.2) is 29.0 Å². The minimum absolute atomic E-state index is 0.146. The number of benzene rings is 1. The number of carbonyl (C=O) groups is 1. The van der Waals surface area contributed by atoms with Crippen LogP contribution >= 0.6 is 0 Å². The number of aromatic nitrogens is 4. The Morgan fingerprint density at radius 2 is 1.95 bits per heavy atom. The highest BCUT2D eigenvalue weighted by Crippen LogP contribution is 2.44. The minimum Gasteiger partial charge on any atom is -0.348 e. The van der Waals surface area contributed by atoms with E-state index in [4.69, 9.17) is 14.2 Å². The van der Waals surface area contributed by atoms with E-state index in [1.54, 1.807) is 18.5 Å². The fraction of sp³-hybridized carbons (Fsp3) is 0.538. The Balaban J connectivity index is 1.14. The Kier molecular flexibility index (Phi) is 5.35. The van der Waals surface area contributed by atoms with Gasteiger partial charge in [0, 0.05) is 30.7 Å². The second kappa shape index (κ2) is 8.53. The predicted octanol–water partition coefficient (Wildman–Crippen LogP) is 1.93. The van der Waals surface area contributed by atoms with Gasteiger partial charge >= 0.3 is 0 Å². The van der Waals surface area contributed by atoms with Crippen LogP contribution in [0.5, 0.6) is 0 Å². The van der Waals surface area contributed by atoms with Gasteiger partial charge in [-0.15, -0.1) is 0 Å². The number of carbonyl (C=O) groups excluding carboxylic acids is 1. The fourth-order valence-corrected chi connectivity index (χ4v) is 6.26. The third kappa shape index (κ3) is 4.02. The largest absolute Gasteiger partial charge is 0.348 e. The monoisotopic (exact) mass is 505 g/mol. The number of nitrogens with one attached hydrogen (secondary N) is 2. The Morgan fingerprint density at radius 3 is 2.73 bits per heavy atom. The maximum absolute atomic E-state index is 12.7. The highest BCUT2D eigenvalue weighted by molar-refractivity contribution is 6.06. The Bertz CT molecular complexity index is 1310. The lowest BCUT2D eigenvalue weighted by Crippen LogP contribution is -2.67. The van der Waals surface area contributed by atoms with E-state index in [1.165, 1.54) is 19.2 Å². The summed E-state index contributed by atoms with van der Waals surface area (Å²) >= 11 is 0. The molecule has 194 valence electrons. The van der Waals surface area contributed by atoms with E-state index in [-0.39, 0.29) is 29.8 Å². The van der Waals surface area contributed by atoms with Crippen LogP contribution in [-0.4, -0.2) is 86.1 Å². The van der Waals surface area contributed by atoms with Crippen LogP contribution in [0.2, 0.25) is 0 Å². The third-order valence-electron chi connectivity index (χ3n) is 7.85. The van der Waals surface area contributed by atoms with Gasteiger partial charge in [0.1, 0.15) is 24.6 Å². The molecular weight excluding hydrogens is 474 g/mol. The second-order valence-electron chi connectivity index (χ2n) is 11.0. The zero-order valence-corrected chi connectivity index (χ0v) is 21.0. The van der Waals surface area contributed by atoms with Gasteiger partial charge in [-0.25, -0.2) is 15.0 Å². The van der Waals surface area contributed by atoms with Crippen molar-refractivity contribution in [3.63, 3.8) is 0 Å². The van der Waals surface area contributed by atoms with E-state index < -0.39 is 12.0 Å². The molecule has 4 aliphatic rings. The molecule has 3 aromatic rings. The quantitative estimate of drug-likeness (QED) is 0.537. The van der Waals surface area contributed by atoms with Crippen molar-refractivity contribution in [2.24, 2.45) is 0 Å². The molecule has 0 bridgehead atoms. The van der Waals surface area contributed by atoms with Gasteiger partial charge in [0.05, 0.1) is 6.33 Å². The number of fused-ring (bicyclic) bond motifs is 2. The Morgan fingerprint density at radius 1 is 1.14 bits per heavy atom. The summed E-state index contributed by atoms with van der Waals surface area (Å²) < 4.78 is 21.1. The number of ether oxygens (including phenoxy) is 3. The summed E-state index contributed by atoms with van der Waals surface area (Å²) in [5, 5.41) is 6.53. The van der Waals surface area contributed by atoms with E-state index in [0.717, 1.165) is 26.2 Å². The predicted molar refractivity (Wildman–Crippen MR) is 134 cm³/mol. The molecule has 4 atom stereocenters. The van der Waals surface area contributed by atoms with E-state index in [9.17, 15) is 4.79 Å². The molecule has 1 amide bonds. The number of nitrogens with zero attached hydrogens (tertiary/aromatic N) is 5. The van der Waals surface area contributed by atoms with Crippen LogP contribution in [0.25, 0.3) is 11.2 Å². The molecule has 1 aromatic carbocycles. The van der Waals surface area contributed by atoms with Crippen molar-refractivity contribution >= 4 is 22.9 Å². The summed E-state index contributed by atoms with van der Waals surface area (Å²) in [4.78, 5) is 28.5. The van der Waals surface area contributed by atoms with Gasteiger partial charge in [0.25, 0.3) is 5.91 Å². The molecule has 1 spiro atoms. The molecule has 2 aromatic heterocycles. The molecule has 11 heteroatoms. The van der Waals surface area contributed by atoms with E-state index in [2.05, 4.69) is 30.5 Å². The minimum atomic E-state index is -0.709. The van der Waals surface area contributed by atoms with Crippen molar-refractivity contribution in [1.29, 1.82) is 0 Å². The molecule has 2 N–H and O–H groups in total. The molecule has 0 unspecified atom stereocenters. The maximum Gasteiger partial charge on any atom is 0.256 e. The molecule has 11 nitrogen and oxygen atoms in total. The molecule has 37 heavy (non-hydrogen) atoms. The second-order valence-corrected chi connectivity index (χ2v) is 11.0. The average Bonchev–Trinajstić information content (AvgIpc) is 3.63. The number of amides is 1. The molecule has 0 saturated carbocycles. The molecule has 0 radical (unpaired) electrons. The summed E-state index contributed by atoms with van der Waals surface area (Å²) in [7, 11) is 0. The number of likely N-dealkylation sites (tertiary alicyclic amines) is 1. The van der Waals surface area contributed by atoms with Crippen LogP contribution in [-0.2, 0) is 14.2 Å². The normalized spacial score (nSPS) is 30.0. The van der Waals surface area contributed by atoms with Crippen molar-refractivity contribution in [2.75, 3.05) is 31.5 Å². The molecule has 0 aliphatic carbocycles. The lowest BCUT2D eigenvalue weighted by molar-refractivity contribution is -0.199. The number of imidazole rings is 1. The SMILES string of the molecule is CC1(C)O[C@@H]2[C@H](O1)[C@@H](CN1CC3(CCCN3)C1)O[C@H]2n1cnc2c(NC(=O)c3ccccc3)ncnc21. The molecular formula is C26H31N7O4. The van der Waals surface area contributed by atoms with Crippen LogP contribution in [0.4, 0.5) is 5.82 Å². The summed E-state index contributed by atoms with van der Waals surface area (Å²) in [5.74, 6) is -0.618. The molecule has 4 aliphatic heterocycles. The average molecular weight is 506 g/mol. The third-order valence-corrected chi connectivity index (χ3v) is 7.85. The van der Waals surface area contributed by atoms with Crippen molar-refractivity contribution in [3.8, 4) is 0 Å². The van der Waals surface area contributed by atoms with Gasteiger partial charge in [-0.05, 0) is 45.4 Å². The van der Waals surface area contributed by atoms with E-state index in [1.807, 2.05) is 36.6 Å². The van der Waals surface area contributed by atoms with Crippen LogP contribution in [0, 0.1) is 0 Å². The summed E-state index contributed by atoms with van der Waals surface area (Å²) in [6.45, 7) is 7.82. The zero-order chi connectivity index (χ0) is 25.2. The molecule has 6 heterocycles. The lowest BCUT2D eigenvalue weighted by atomic mass is 9.88. The van der Waals surface area contributed by atoms with Crippen LogP contribution in [0.15, 0.2) is 43.0 Å². The standard InChI is InChI=1S/C26H31N7O4/c1-25(2)36-19-17(11-32-12-26(13-32)9-6-10-30-26)35-24(20(19)37-25)33-15-29-18-21(27-14-28-22(18)33)31-23(34)16-7-4-3-5-8-16/h3-5,7-8,14-15,17,19-20,24,30H,6,9-13H2,1-2H3,(H,27,28,31,34)/t17-,19-,20-,24-/m1/s1. The van der Waals surface area contributed by atoms with Crippen molar-refractivity contribution in [3.05, 3.63) is 48.5 Å². The highest BCUT2D eigenvalue weighted by atomic mass is 16.8. The molecule has 4 fully saturated rings. The van der Waals surface area contributed by atoms with Crippen LogP contribution in [0.3, 0.4) is 0 Å². The van der Waals surface area contributed by atoms with Gasteiger partial charge in [-0.1, -0.05) is 18.2 Å². The van der Waals surface area contributed by atoms with Gasteiger partial charge < -0.3 is 24.8 Å². The Labute approximate surface area is 214 Å². The lowest BCUT2D eigenvalue weighted by Gasteiger charge is -2.49. The number of hydrogen-bond donors (Lipinski definition) is 2.